The van der Waals surface area contributed by atoms with Gasteiger partial charge in [-0.2, -0.15) is 0 Å². The summed E-state index contributed by atoms with van der Waals surface area (Å²) in [6.45, 7) is 11.5. The standard InChI is InChI=1S/C18H27FN4O5Si/c1-18(2,3)29(5,6)28-9-7-8-27-17-15(23(24)25)12-22(21-17)14-10-13(19)11-20-16(14)26-4/h10-12H,7-9H2,1-6H3. The van der Waals surface area contributed by atoms with Crippen molar-refractivity contribution in [2.75, 3.05) is 20.3 Å². The van der Waals surface area contributed by atoms with Crippen LogP contribution in [0.1, 0.15) is 27.2 Å². The molecule has 2 aromatic heterocycles. The first kappa shape index (κ1) is 22.8. The monoisotopic (exact) mass is 426 g/mol. The van der Waals surface area contributed by atoms with Crippen molar-refractivity contribution in [3.8, 4) is 17.4 Å². The third-order valence-electron chi connectivity index (χ3n) is 4.89. The van der Waals surface area contributed by atoms with Crippen molar-refractivity contribution in [1.82, 2.24) is 14.8 Å². The molecule has 0 spiro atoms. The molecule has 11 heteroatoms. The highest BCUT2D eigenvalue weighted by Crippen LogP contribution is 2.36. The van der Waals surface area contributed by atoms with Crippen LogP contribution >= 0.6 is 0 Å². The number of ether oxygens (including phenoxy) is 2. The average molecular weight is 427 g/mol. The van der Waals surface area contributed by atoms with E-state index in [9.17, 15) is 14.5 Å². The van der Waals surface area contributed by atoms with E-state index in [0.29, 0.717) is 13.0 Å². The maximum Gasteiger partial charge on any atom is 0.350 e. The van der Waals surface area contributed by atoms with Crippen molar-refractivity contribution < 1.29 is 23.2 Å². The van der Waals surface area contributed by atoms with Gasteiger partial charge in [-0.05, 0) is 18.1 Å². The molecule has 0 N–H and O–H groups in total. The van der Waals surface area contributed by atoms with Gasteiger partial charge in [0, 0.05) is 19.1 Å². The molecule has 2 heterocycles. The van der Waals surface area contributed by atoms with Crippen LogP contribution in [0.2, 0.25) is 18.1 Å². The SMILES string of the molecule is COc1ncc(F)cc1-n1cc([N+](=O)[O-])c(OCCCO[Si](C)(C)C(C)(C)C)n1. The zero-order chi connectivity index (χ0) is 21.8. The molecule has 0 unspecified atom stereocenters. The number of pyridine rings is 1. The normalized spacial score (nSPS) is 12.1. The van der Waals surface area contributed by atoms with E-state index in [0.717, 1.165) is 23.1 Å². The van der Waals surface area contributed by atoms with E-state index in [2.05, 4.69) is 43.9 Å². The minimum Gasteiger partial charge on any atom is -0.479 e. The molecule has 2 aromatic rings. The molecule has 0 saturated carbocycles. The molecule has 29 heavy (non-hydrogen) atoms. The molecular weight excluding hydrogens is 399 g/mol. The molecule has 2 rings (SSSR count). The van der Waals surface area contributed by atoms with E-state index >= 15 is 0 Å². The smallest absolute Gasteiger partial charge is 0.350 e. The summed E-state index contributed by atoms with van der Waals surface area (Å²) in [5.74, 6) is -0.698. The fourth-order valence-electron chi connectivity index (χ4n) is 2.21. The molecule has 0 fully saturated rings. The Balaban J connectivity index is 2.09. The minimum atomic E-state index is -1.86. The summed E-state index contributed by atoms with van der Waals surface area (Å²) >= 11 is 0. The summed E-state index contributed by atoms with van der Waals surface area (Å²) in [5, 5.41) is 15.5. The average Bonchev–Trinajstić information content (AvgIpc) is 3.04. The number of hydrogen-bond acceptors (Lipinski definition) is 7. The molecule has 0 atom stereocenters. The van der Waals surface area contributed by atoms with Crippen LogP contribution < -0.4 is 9.47 Å². The Morgan fingerprint density at radius 1 is 1.28 bits per heavy atom. The first-order valence-electron chi connectivity index (χ1n) is 9.17. The van der Waals surface area contributed by atoms with E-state index in [1.54, 1.807) is 0 Å². The molecule has 9 nitrogen and oxygen atoms in total. The zero-order valence-electron chi connectivity index (χ0n) is 17.6. The van der Waals surface area contributed by atoms with Gasteiger partial charge in [0.15, 0.2) is 8.32 Å². The molecule has 0 aliphatic rings. The van der Waals surface area contributed by atoms with Crippen LogP contribution in [0.4, 0.5) is 10.1 Å². The van der Waals surface area contributed by atoms with Crippen molar-refractivity contribution in [2.45, 2.75) is 45.3 Å². The van der Waals surface area contributed by atoms with Gasteiger partial charge in [-0.25, -0.2) is 14.1 Å². The van der Waals surface area contributed by atoms with Gasteiger partial charge in [0.1, 0.15) is 17.7 Å². The number of halogens is 1. The highest BCUT2D eigenvalue weighted by atomic mass is 28.4. The maximum atomic E-state index is 13.6. The van der Waals surface area contributed by atoms with Gasteiger partial charge in [0.25, 0.3) is 0 Å². The van der Waals surface area contributed by atoms with Crippen LogP contribution in [0.5, 0.6) is 11.8 Å². The molecule has 0 aliphatic carbocycles. The summed E-state index contributed by atoms with van der Waals surface area (Å²) < 4.78 is 31.3. The molecule has 0 saturated heterocycles. The third-order valence-corrected chi connectivity index (χ3v) is 9.43. The van der Waals surface area contributed by atoms with Crippen molar-refractivity contribution >= 4 is 14.0 Å². The lowest BCUT2D eigenvalue weighted by molar-refractivity contribution is -0.385. The summed E-state index contributed by atoms with van der Waals surface area (Å²) in [5.41, 5.74) is -0.201. The Kier molecular flexibility index (Phi) is 6.96. The first-order chi connectivity index (χ1) is 13.5. The van der Waals surface area contributed by atoms with Gasteiger partial charge in [-0.3, -0.25) is 10.1 Å². The van der Waals surface area contributed by atoms with Crippen molar-refractivity contribution in [2.24, 2.45) is 0 Å². The van der Waals surface area contributed by atoms with E-state index in [1.807, 2.05) is 0 Å². The van der Waals surface area contributed by atoms with Crippen LogP contribution in [0.15, 0.2) is 18.5 Å². The number of rotatable bonds is 9. The quantitative estimate of drug-likeness (QED) is 0.257. The van der Waals surface area contributed by atoms with E-state index < -0.39 is 19.1 Å². The zero-order valence-corrected chi connectivity index (χ0v) is 18.6. The molecule has 160 valence electrons. The van der Waals surface area contributed by atoms with Gasteiger partial charge in [-0.15, -0.1) is 5.10 Å². The molecule has 0 aromatic carbocycles. The Hall–Kier alpha value is -2.53. The Morgan fingerprint density at radius 2 is 1.97 bits per heavy atom. The molecule has 0 aliphatic heterocycles. The number of nitrogens with zero attached hydrogens (tertiary/aromatic N) is 4. The van der Waals surface area contributed by atoms with Crippen LogP contribution in [0.3, 0.4) is 0 Å². The van der Waals surface area contributed by atoms with E-state index in [1.165, 1.54) is 7.11 Å². The van der Waals surface area contributed by atoms with Crippen LogP contribution in [-0.2, 0) is 4.43 Å². The minimum absolute atomic E-state index is 0.0816. The lowest BCUT2D eigenvalue weighted by atomic mass is 10.2. The van der Waals surface area contributed by atoms with Gasteiger partial charge < -0.3 is 13.9 Å². The van der Waals surface area contributed by atoms with Crippen LogP contribution in [0.25, 0.3) is 5.69 Å². The van der Waals surface area contributed by atoms with Gasteiger partial charge in [-0.1, -0.05) is 20.8 Å². The molecular formula is C18H27FN4O5Si. The van der Waals surface area contributed by atoms with Crippen molar-refractivity contribution in [1.29, 1.82) is 0 Å². The predicted octanol–water partition coefficient (Wildman–Crippen LogP) is 4.11. The fraction of sp³-hybridized carbons (Fsp3) is 0.556. The number of hydrogen-bond donors (Lipinski definition) is 0. The van der Waals surface area contributed by atoms with Gasteiger partial charge in [0.2, 0.25) is 5.88 Å². The summed E-state index contributed by atoms with van der Waals surface area (Å²) in [6, 6.07) is 1.12. The number of methoxy groups -OCH3 is 1. The largest absolute Gasteiger partial charge is 0.479 e. The van der Waals surface area contributed by atoms with E-state index in [-0.39, 0.29) is 34.8 Å². The second-order valence-corrected chi connectivity index (χ2v) is 12.8. The summed E-state index contributed by atoms with van der Waals surface area (Å²) in [6.07, 6.45) is 2.68. The van der Waals surface area contributed by atoms with Gasteiger partial charge in [0.05, 0.1) is 24.8 Å². The van der Waals surface area contributed by atoms with Crippen molar-refractivity contribution in [3.05, 3.63) is 34.4 Å². The van der Waals surface area contributed by atoms with Gasteiger partial charge >= 0.3 is 11.6 Å². The summed E-state index contributed by atoms with van der Waals surface area (Å²) in [4.78, 5) is 14.5. The number of aromatic nitrogens is 3. The lowest BCUT2D eigenvalue weighted by Crippen LogP contribution is -2.41. The highest BCUT2D eigenvalue weighted by Gasteiger charge is 2.36. The molecule has 0 radical (unpaired) electrons. The second-order valence-electron chi connectivity index (χ2n) is 8.01. The highest BCUT2D eigenvalue weighted by molar-refractivity contribution is 6.74. The lowest BCUT2D eigenvalue weighted by Gasteiger charge is -2.36. The maximum absolute atomic E-state index is 13.6. The Morgan fingerprint density at radius 3 is 2.55 bits per heavy atom. The molecule has 0 amide bonds. The topological polar surface area (TPSA) is 102 Å². The first-order valence-corrected chi connectivity index (χ1v) is 12.1. The Bertz CT molecular complexity index is 866. The predicted molar refractivity (Wildman–Crippen MR) is 108 cm³/mol. The van der Waals surface area contributed by atoms with E-state index in [4.69, 9.17) is 13.9 Å². The van der Waals surface area contributed by atoms with Crippen molar-refractivity contribution in [3.63, 3.8) is 0 Å². The fourth-order valence-corrected chi connectivity index (χ4v) is 3.30. The summed E-state index contributed by atoms with van der Waals surface area (Å²) in [7, 11) is -0.496. The Labute approximate surface area is 170 Å². The van der Waals surface area contributed by atoms with Crippen LogP contribution in [-0.4, -0.2) is 48.3 Å². The molecule has 0 bridgehead atoms. The van der Waals surface area contributed by atoms with Crippen LogP contribution in [0, 0.1) is 15.9 Å². The third kappa shape index (κ3) is 5.51. The number of nitro groups is 1. The second kappa shape index (κ2) is 8.87.